The molecule has 0 fully saturated rings. The fraction of sp³-hybridized carbons (Fsp3) is 0.263. The van der Waals surface area contributed by atoms with E-state index in [9.17, 15) is 9.59 Å². The number of hydrogen-bond acceptors (Lipinski definition) is 4. The molecule has 0 saturated carbocycles. The summed E-state index contributed by atoms with van der Waals surface area (Å²) < 4.78 is 11.0. The van der Waals surface area contributed by atoms with Gasteiger partial charge < -0.3 is 19.7 Å². The van der Waals surface area contributed by atoms with Gasteiger partial charge in [0, 0.05) is 30.2 Å². The molecule has 0 atom stereocenters. The predicted octanol–water partition coefficient (Wildman–Crippen LogP) is 2.78. The second-order valence-electron chi connectivity index (χ2n) is 5.80. The van der Waals surface area contributed by atoms with Gasteiger partial charge in [-0.25, -0.2) is 0 Å². The summed E-state index contributed by atoms with van der Waals surface area (Å²) in [6, 6.07) is 12.5. The number of amides is 2. The van der Waals surface area contributed by atoms with Crippen LogP contribution in [0, 0.1) is 0 Å². The van der Waals surface area contributed by atoms with Gasteiger partial charge in [-0.05, 0) is 23.8 Å². The highest BCUT2D eigenvalue weighted by molar-refractivity contribution is 6.31. The molecule has 136 valence electrons. The van der Waals surface area contributed by atoms with E-state index in [2.05, 4.69) is 5.32 Å². The first kappa shape index (κ1) is 18.1. The van der Waals surface area contributed by atoms with Crippen LogP contribution in [-0.2, 0) is 16.1 Å². The molecule has 1 heterocycles. The van der Waals surface area contributed by atoms with Crippen molar-refractivity contribution in [2.24, 2.45) is 0 Å². The van der Waals surface area contributed by atoms with Crippen LogP contribution in [0.1, 0.15) is 12.5 Å². The monoisotopic (exact) mass is 374 g/mol. The van der Waals surface area contributed by atoms with Gasteiger partial charge in [-0.15, -0.1) is 0 Å². The third-order valence-corrected chi connectivity index (χ3v) is 4.32. The number of ether oxygens (including phenoxy) is 2. The van der Waals surface area contributed by atoms with E-state index in [-0.39, 0.29) is 18.4 Å². The molecule has 1 aliphatic heterocycles. The van der Waals surface area contributed by atoms with Crippen molar-refractivity contribution in [1.82, 2.24) is 5.32 Å². The zero-order valence-corrected chi connectivity index (χ0v) is 15.1. The molecule has 0 saturated heterocycles. The van der Waals surface area contributed by atoms with E-state index < -0.39 is 0 Å². The van der Waals surface area contributed by atoms with E-state index in [1.807, 2.05) is 18.2 Å². The van der Waals surface area contributed by atoms with Crippen molar-refractivity contribution in [3.05, 3.63) is 53.1 Å². The Labute approximate surface area is 156 Å². The van der Waals surface area contributed by atoms with Crippen molar-refractivity contribution in [2.75, 3.05) is 24.7 Å². The lowest BCUT2D eigenvalue weighted by Crippen LogP contribution is -2.39. The van der Waals surface area contributed by atoms with E-state index in [1.165, 1.54) is 11.8 Å². The lowest BCUT2D eigenvalue weighted by Gasteiger charge is -2.24. The molecule has 6 nitrogen and oxygen atoms in total. The summed E-state index contributed by atoms with van der Waals surface area (Å²) in [4.78, 5) is 25.7. The van der Waals surface area contributed by atoms with Gasteiger partial charge in [0.2, 0.25) is 11.8 Å². The van der Waals surface area contributed by atoms with Crippen LogP contribution in [0.3, 0.4) is 0 Å². The fourth-order valence-corrected chi connectivity index (χ4v) is 2.82. The third-order valence-electron chi connectivity index (χ3n) is 3.95. The van der Waals surface area contributed by atoms with Crippen LogP contribution >= 0.6 is 11.6 Å². The third kappa shape index (κ3) is 4.26. The smallest absolute Gasteiger partial charge is 0.240 e. The maximum Gasteiger partial charge on any atom is 0.240 e. The highest BCUT2D eigenvalue weighted by Gasteiger charge is 2.19. The van der Waals surface area contributed by atoms with E-state index in [0.29, 0.717) is 42.0 Å². The van der Waals surface area contributed by atoms with Gasteiger partial charge in [0.25, 0.3) is 0 Å². The Bertz CT molecular complexity index is 825. The fourth-order valence-electron chi connectivity index (χ4n) is 2.62. The van der Waals surface area contributed by atoms with Gasteiger partial charge in [0.05, 0.1) is 0 Å². The second-order valence-corrected chi connectivity index (χ2v) is 6.21. The van der Waals surface area contributed by atoms with E-state index >= 15 is 0 Å². The molecule has 0 bridgehead atoms. The number of anilines is 1. The normalized spacial score (nSPS) is 12.4. The Morgan fingerprint density at radius 2 is 1.85 bits per heavy atom. The Morgan fingerprint density at radius 3 is 2.58 bits per heavy atom. The van der Waals surface area contributed by atoms with Crippen LogP contribution < -0.4 is 19.7 Å². The van der Waals surface area contributed by atoms with Crippen molar-refractivity contribution in [1.29, 1.82) is 0 Å². The van der Waals surface area contributed by atoms with Crippen LogP contribution in [-0.4, -0.2) is 31.6 Å². The van der Waals surface area contributed by atoms with Crippen LogP contribution in [0.5, 0.6) is 11.5 Å². The summed E-state index contributed by atoms with van der Waals surface area (Å²) in [5.41, 5.74) is 1.39. The number of fused-ring (bicyclic) bond motifs is 1. The zero-order chi connectivity index (χ0) is 18.5. The summed E-state index contributed by atoms with van der Waals surface area (Å²) in [5, 5.41) is 3.37. The Balaban J connectivity index is 1.67. The summed E-state index contributed by atoms with van der Waals surface area (Å²) in [6.45, 7) is 2.56. The van der Waals surface area contributed by atoms with E-state index in [1.54, 1.807) is 24.3 Å². The van der Waals surface area contributed by atoms with E-state index in [4.69, 9.17) is 21.1 Å². The standard InChI is InChI=1S/C19H19ClN2O4/c1-13(23)22(15-6-7-17-18(10-15)26-9-8-25-17)12-19(24)21-11-14-4-2-3-5-16(14)20/h2-7,10H,8-9,11-12H2,1H3,(H,21,24). The molecule has 0 spiro atoms. The molecule has 0 radical (unpaired) electrons. The van der Waals surface area contributed by atoms with Crippen LogP contribution in [0.15, 0.2) is 42.5 Å². The van der Waals surface area contributed by atoms with Crippen molar-refractivity contribution < 1.29 is 19.1 Å². The van der Waals surface area contributed by atoms with Crippen molar-refractivity contribution in [2.45, 2.75) is 13.5 Å². The van der Waals surface area contributed by atoms with Crippen molar-refractivity contribution in [3.63, 3.8) is 0 Å². The number of nitrogens with zero attached hydrogens (tertiary/aromatic N) is 1. The largest absolute Gasteiger partial charge is 0.486 e. The lowest BCUT2D eigenvalue weighted by atomic mass is 10.2. The molecular weight excluding hydrogens is 356 g/mol. The van der Waals surface area contributed by atoms with Crippen molar-refractivity contribution >= 4 is 29.1 Å². The highest BCUT2D eigenvalue weighted by Crippen LogP contribution is 2.34. The first-order valence-corrected chi connectivity index (χ1v) is 8.60. The number of rotatable bonds is 5. The SMILES string of the molecule is CC(=O)N(CC(=O)NCc1ccccc1Cl)c1ccc2c(c1)OCCO2. The van der Waals surface area contributed by atoms with Gasteiger partial charge in [-0.3, -0.25) is 9.59 Å². The number of hydrogen-bond donors (Lipinski definition) is 1. The molecule has 0 unspecified atom stereocenters. The molecule has 0 aliphatic carbocycles. The Hall–Kier alpha value is -2.73. The topological polar surface area (TPSA) is 67.9 Å². The molecule has 2 aromatic carbocycles. The minimum Gasteiger partial charge on any atom is -0.486 e. The quantitative estimate of drug-likeness (QED) is 0.873. The van der Waals surface area contributed by atoms with Crippen LogP contribution in [0.4, 0.5) is 5.69 Å². The zero-order valence-electron chi connectivity index (χ0n) is 14.3. The average molecular weight is 375 g/mol. The van der Waals surface area contributed by atoms with Gasteiger partial charge in [-0.2, -0.15) is 0 Å². The van der Waals surface area contributed by atoms with Crippen LogP contribution in [0.2, 0.25) is 5.02 Å². The molecule has 2 amide bonds. The average Bonchev–Trinajstić information content (AvgIpc) is 2.65. The summed E-state index contributed by atoms with van der Waals surface area (Å²) in [5.74, 6) is 0.674. The number of benzene rings is 2. The summed E-state index contributed by atoms with van der Waals surface area (Å²) >= 11 is 6.09. The second kappa shape index (κ2) is 8.10. The minimum atomic E-state index is -0.282. The predicted molar refractivity (Wildman–Crippen MR) is 98.8 cm³/mol. The summed E-state index contributed by atoms with van der Waals surface area (Å²) in [6.07, 6.45) is 0. The first-order chi connectivity index (χ1) is 12.5. The number of halogens is 1. The van der Waals surface area contributed by atoms with Gasteiger partial charge in [-0.1, -0.05) is 29.8 Å². The Morgan fingerprint density at radius 1 is 1.12 bits per heavy atom. The minimum absolute atomic E-state index is 0.0978. The molecule has 7 heteroatoms. The van der Waals surface area contributed by atoms with Gasteiger partial charge in [0.1, 0.15) is 19.8 Å². The molecule has 26 heavy (non-hydrogen) atoms. The van der Waals surface area contributed by atoms with Gasteiger partial charge >= 0.3 is 0 Å². The number of carbonyl (C=O) groups excluding carboxylic acids is 2. The molecule has 2 aromatic rings. The molecular formula is C19H19ClN2O4. The first-order valence-electron chi connectivity index (χ1n) is 8.22. The van der Waals surface area contributed by atoms with Crippen LogP contribution in [0.25, 0.3) is 0 Å². The molecule has 0 aromatic heterocycles. The highest BCUT2D eigenvalue weighted by atomic mass is 35.5. The maximum absolute atomic E-state index is 12.3. The molecule has 3 rings (SSSR count). The lowest BCUT2D eigenvalue weighted by molar-refractivity contribution is -0.123. The molecule has 1 aliphatic rings. The van der Waals surface area contributed by atoms with Crippen molar-refractivity contribution in [3.8, 4) is 11.5 Å². The number of carbonyl (C=O) groups is 2. The Kier molecular flexibility index (Phi) is 5.63. The summed E-state index contributed by atoms with van der Waals surface area (Å²) in [7, 11) is 0. The number of nitrogens with one attached hydrogen (secondary N) is 1. The molecule has 1 N–H and O–H groups in total. The van der Waals surface area contributed by atoms with Gasteiger partial charge in [0.15, 0.2) is 11.5 Å². The maximum atomic E-state index is 12.3. The van der Waals surface area contributed by atoms with E-state index in [0.717, 1.165) is 5.56 Å².